The lowest BCUT2D eigenvalue weighted by atomic mass is 10.0. The number of rotatable bonds is 9. The quantitative estimate of drug-likeness (QED) is 0.141. The van der Waals surface area contributed by atoms with Gasteiger partial charge < -0.3 is 21.4 Å². The topological polar surface area (TPSA) is 102 Å². The summed E-state index contributed by atoms with van der Waals surface area (Å²) in [7, 11) is 1.65. The first kappa shape index (κ1) is 29.0. The first-order valence-electron chi connectivity index (χ1n) is 11.4. The summed E-state index contributed by atoms with van der Waals surface area (Å²) in [4.78, 5) is 18.6. The molecule has 1 aliphatic rings. The Morgan fingerprint density at radius 1 is 1.26 bits per heavy atom. The highest BCUT2D eigenvalue weighted by atomic mass is 16.1. The summed E-state index contributed by atoms with van der Waals surface area (Å²) in [5.74, 6) is 3.84. The minimum absolute atomic E-state index is 0.417. The van der Waals surface area contributed by atoms with Gasteiger partial charge in [-0.2, -0.15) is 0 Å². The van der Waals surface area contributed by atoms with Gasteiger partial charge in [-0.3, -0.25) is 9.79 Å². The highest BCUT2D eigenvalue weighted by Crippen LogP contribution is 2.21. The van der Waals surface area contributed by atoms with Crippen LogP contribution in [0.2, 0.25) is 0 Å². The number of aliphatic imine (C=N–C) groups is 2. The van der Waals surface area contributed by atoms with Gasteiger partial charge in [-0.1, -0.05) is 37.4 Å². The second kappa shape index (κ2) is 16.6. The Bertz CT molecular complexity index is 1040. The third-order valence-corrected chi connectivity index (χ3v) is 5.22. The van der Waals surface area contributed by atoms with E-state index in [1.807, 2.05) is 31.2 Å². The van der Waals surface area contributed by atoms with E-state index in [4.69, 9.17) is 16.8 Å². The molecule has 35 heavy (non-hydrogen) atoms. The molecular weight excluding hydrogens is 436 g/mol. The van der Waals surface area contributed by atoms with E-state index in [9.17, 15) is 4.79 Å². The van der Waals surface area contributed by atoms with Crippen LogP contribution in [0.5, 0.6) is 0 Å². The van der Waals surface area contributed by atoms with Gasteiger partial charge in [0.25, 0.3) is 0 Å². The van der Waals surface area contributed by atoms with Crippen molar-refractivity contribution in [1.82, 2.24) is 10.6 Å². The van der Waals surface area contributed by atoms with E-state index >= 15 is 0 Å². The van der Waals surface area contributed by atoms with Crippen LogP contribution in [-0.4, -0.2) is 50.2 Å². The predicted octanol–water partition coefficient (Wildman–Crippen LogP) is 4.36. The lowest BCUT2D eigenvalue weighted by molar-refractivity contribution is -0.104. The van der Waals surface area contributed by atoms with E-state index in [2.05, 4.69) is 40.0 Å². The van der Waals surface area contributed by atoms with E-state index in [0.717, 1.165) is 60.5 Å². The zero-order chi connectivity index (χ0) is 26.1. The van der Waals surface area contributed by atoms with Gasteiger partial charge in [-0.25, -0.2) is 4.99 Å². The van der Waals surface area contributed by atoms with Crippen molar-refractivity contribution in [2.75, 3.05) is 25.5 Å². The van der Waals surface area contributed by atoms with Crippen LogP contribution in [-0.2, 0) is 4.79 Å². The number of amidine groups is 1. The summed E-state index contributed by atoms with van der Waals surface area (Å²) in [6.07, 6.45) is 16.4. The molecule has 0 atom stereocenters. The third-order valence-electron chi connectivity index (χ3n) is 5.22. The van der Waals surface area contributed by atoms with Crippen LogP contribution < -0.4 is 16.0 Å². The van der Waals surface area contributed by atoms with Crippen LogP contribution in [0.1, 0.15) is 37.8 Å². The number of piperidine rings is 1. The Hall–Kier alpha value is -4.02. The van der Waals surface area contributed by atoms with Gasteiger partial charge in [0.1, 0.15) is 5.82 Å². The molecule has 1 fully saturated rings. The number of benzene rings is 1. The minimum Gasteiger partial charge on any atom is -0.367 e. The molecule has 0 aromatic heterocycles. The van der Waals surface area contributed by atoms with Crippen LogP contribution >= 0.6 is 0 Å². The minimum atomic E-state index is 0.417. The monoisotopic (exact) mass is 472 g/mol. The molecule has 1 heterocycles. The molecule has 0 unspecified atom stereocenters. The van der Waals surface area contributed by atoms with E-state index in [1.54, 1.807) is 32.2 Å². The maximum absolute atomic E-state index is 9.75. The van der Waals surface area contributed by atoms with Crippen LogP contribution in [0.4, 0.5) is 5.69 Å². The maximum Gasteiger partial charge on any atom is 0.177 e. The predicted molar refractivity (Wildman–Crippen MR) is 150 cm³/mol. The fourth-order valence-corrected chi connectivity index (χ4v) is 3.18. The Balaban J connectivity index is 0.000000762. The fourth-order valence-electron chi connectivity index (χ4n) is 3.18. The van der Waals surface area contributed by atoms with Crippen LogP contribution in [0, 0.1) is 17.8 Å². The number of allylic oxidation sites excluding steroid dienone is 4. The van der Waals surface area contributed by atoms with Crippen LogP contribution in [0.25, 0.3) is 6.08 Å². The molecule has 7 nitrogen and oxygen atoms in total. The van der Waals surface area contributed by atoms with Crippen molar-refractivity contribution in [2.45, 2.75) is 32.7 Å². The lowest BCUT2D eigenvalue weighted by Gasteiger charge is -2.24. The summed E-state index contributed by atoms with van der Waals surface area (Å²) in [6.45, 7) is 13.6. The molecular formula is C28H36N6O. The standard InChI is InChI=1S/C23H29N5.C5H7NO/c1-6-17-10-11-18(16-21(17)28-22(8-3)24-5)20(7-2)27-23(9-4)26-19-12-14-25-15-13-19;1-2-5(3-6)4-7/h3,6-7,9-11,16,19,25-26H,1-2,12-15H2,4-5H3,(H,24,28);2-4,6H,1H3/b23-9-,27-20+;5-2+,6-3?. The van der Waals surface area contributed by atoms with Gasteiger partial charge in [0.05, 0.1) is 5.71 Å². The number of terminal acetylenes is 1. The van der Waals surface area contributed by atoms with Crippen molar-refractivity contribution in [3.05, 3.63) is 72.1 Å². The van der Waals surface area contributed by atoms with Crippen molar-refractivity contribution >= 4 is 35.8 Å². The van der Waals surface area contributed by atoms with Gasteiger partial charge in [0.2, 0.25) is 0 Å². The van der Waals surface area contributed by atoms with Crippen molar-refractivity contribution in [3.8, 4) is 12.3 Å². The maximum atomic E-state index is 9.75. The average molecular weight is 473 g/mol. The van der Waals surface area contributed by atoms with Gasteiger partial charge >= 0.3 is 0 Å². The molecule has 0 saturated carbocycles. The summed E-state index contributed by atoms with van der Waals surface area (Å²) < 4.78 is 0. The van der Waals surface area contributed by atoms with E-state index < -0.39 is 0 Å². The third kappa shape index (κ3) is 9.78. The summed E-state index contributed by atoms with van der Waals surface area (Å²) in [5.41, 5.74) is 3.89. The Kier molecular flexibility index (Phi) is 13.7. The van der Waals surface area contributed by atoms with E-state index in [1.165, 1.54) is 0 Å². The molecule has 1 aliphatic heterocycles. The number of carbonyl (C=O) groups is 1. The molecule has 184 valence electrons. The molecule has 0 amide bonds. The molecule has 0 bridgehead atoms. The van der Waals surface area contributed by atoms with Crippen LogP contribution in [0.3, 0.4) is 0 Å². The normalized spacial score (nSPS) is 15.1. The molecule has 1 aromatic rings. The number of nitrogens with zero attached hydrogens (tertiary/aromatic N) is 2. The molecule has 1 saturated heterocycles. The highest BCUT2D eigenvalue weighted by Gasteiger charge is 2.14. The molecule has 7 heteroatoms. The molecule has 4 N–H and O–H groups in total. The highest BCUT2D eigenvalue weighted by molar-refractivity contribution is 6.12. The zero-order valence-electron chi connectivity index (χ0n) is 20.9. The molecule has 2 rings (SSSR count). The largest absolute Gasteiger partial charge is 0.367 e. The average Bonchev–Trinajstić information content (AvgIpc) is 2.91. The number of aldehydes is 1. The lowest BCUT2D eigenvalue weighted by Crippen LogP contribution is -2.39. The van der Waals surface area contributed by atoms with Gasteiger partial charge in [0, 0.05) is 36.1 Å². The smallest absolute Gasteiger partial charge is 0.177 e. The second-order valence-corrected chi connectivity index (χ2v) is 7.44. The van der Waals surface area contributed by atoms with Crippen molar-refractivity contribution in [3.63, 3.8) is 0 Å². The SMILES string of the molecule is C#CC(=NC)Nc1cc(/C(C=C)=N/C(=C\C)NC2CCNCC2)ccc1C=C.C/C=C(\C=N)C=O. The summed E-state index contributed by atoms with van der Waals surface area (Å²) >= 11 is 0. The van der Waals surface area contributed by atoms with E-state index in [-0.39, 0.29) is 0 Å². The van der Waals surface area contributed by atoms with E-state index in [0.29, 0.717) is 23.7 Å². The first-order chi connectivity index (χ1) is 17.0. The molecule has 0 spiro atoms. The Morgan fingerprint density at radius 2 is 1.97 bits per heavy atom. The number of carbonyl (C=O) groups excluding carboxylic acids is 1. The summed E-state index contributed by atoms with van der Waals surface area (Å²) in [5, 5.41) is 16.6. The van der Waals surface area contributed by atoms with Gasteiger partial charge in [-0.15, -0.1) is 6.42 Å². The van der Waals surface area contributed by atoms with Gasteiger partial charge in [-0.05, 0) is 69.5 Å². The summed E-state index contributed by atoms with van der Waals surface area (Å²) in [6, 6.07) is 6.39. The number of hydrogen-bond acceptors (Lipinski definition) is 6. The first-order valence-corrected chi connectivity index (χ1v) is 11.4. The molecule has 0 aliphatic carbocycles. The number of hydrogen-bond donors (Lipinski definition) is 4. The number of nitrogens with one attached hydrogen (secondary N) is 4. The van der Waals surface area contributed by atoms with Crippen molar-refractivity contribution in [2.24, 2.45) is 9.98 Å². The zero-order valence-corrected chi connectivity index (χ0v) is 20.9. The van der Waals surface area contributed by atoms with Crippen molar-refractivity contribution in [1.29, 1.82) is 5.41 Å². The number of anilines is 1. The Morgan fingerprint density at radius 3 is 2.43 bits per heavy atom. The van der Waals surface area contributed by atoms with Crippen molar-refractivity contribution < 1.29 is 4.79 Å². The second-order valence-electron chi connectivity index (χ2n) is 7.44. The Labute approximate surface area is 209 Å². The van der Waals surface area contributed by atoms with Gasteiger partial charge in [0.15, 0.2) is 12.1 Å². The molecule has 1 aromatic carbocycles. The fraction of sp³-hybridized carbons (Fsp3) is 0.286. The molecule has 0 radical (unpaired) electrons. The van der Waals surface area contributed by atoms with Crippen LogP contribution in [0.15, 0.2) is 71.0 Å².